The summed E-state index contributed by atoms with van der Waals surface area (Å²) in [4.78, 5) is 8.19. The van der Waals surface area contributed by atoms with Crippen molar-refractivity contribution in [3.05, 3.63) is 24.3 Å². The fraction of sp³-hybridized carbons (Fsp3) is 0.667. The molecule has 1 unspecified atom stereocenters. The molecule has 0 aromatic carbocycles. The molecule has 1 heterocycles. The smallest absolute Gasteiger partial charge is 0.115 e. The van der Waals surface area contributed by atoms with Gasteiger partial charge < -0.3 is 11.1 Å². The Morgan fingerprint density at radius 3 is 2.81 bits per heavy atom. The van der Waals surface area contributed by atoms with Crippen molar-refractivity contribution in [3.8, 4) is 0 Å². The molecule has 1 aliphatic rings. The van der Waals surface area contributed by atoms with Crippen LogP contribution in [0.25, 0.3) is 0 Å². The molecule has 1 atom stereocenters. The second-order valence-electron chi connectivity index (χ2n) is 4.42. The van der Waals surface area contributed by atoms with Crippen molar-refractivity contribution >= 4 is 0 Å². The molecule has 1 aromatic rings. The molecule has 0 amide bonds. The number of hydrogen-bond donors (Lipinski definition) is 2. The largest absolute Gasteiger partial charge is 0.329 e. The summed E-state index contributed by atoms with van der Waals surface area (Å²) >= 11 is 0. The van der Waals surface area contributed by atoms with E-state index in [1.54, 1.807) is 12.5 Å². The van der Waals surface area contributed by atoms with E-state index >= 15 is 0 Å². The molecule has 88 valence electrons. The van der Waals surface area contributed by atoms with Gasteiger partial charge in [-0.25, -0.2) is 9.97 Å². The van der Waals surface area contributed by atoms with Gasteiger partial charge in [0.15, 0.2) is 0 Å². The summed E-state index contributed by atoms with van der Waals surface area (Å²) in [6.07, 6.45) is 9.92. The Kier molecular flexibility index (Phi) is 4.25. The molecule has 2 rings (SSSR count). The van der Waals surface area contributed by atoms with Crippen molar-refractivity contribution in [1.82, 2.24) is 15.3 Å². The number of nitrogens with zero attached hydrogens (tertiary/aromatic N) is 2. The second-order valence-corrected chi connectivity index (χ2v) is 4.42. The molecule has 1 aromatic heterocycles. The first-order valence-corrected chi connectivity index (χ1v) is 6.12. The molecule has 0 saturated heterocycles. The Morgan fingerprint density at radius 2 is 2.19 bits per heavy atom. The molecule has 3 N–H and O–H groups in total. The zero-order valence-electron chi connectivity index (χ0n) is 9.60. The fourth-order valence-electron chi connectivity index (χ4n) is 2.33. The highest BCUT2D eigenvalue weighted by atomic mass is 15.0. The number of rotatable bonds is 4. The highest BCUT2D eigenvalue weighted by Gasteiger charge is 2.18. The van der Waals surface area contributed by atoms with Crippen molar-refractivity contribution in [2.75, 3.05) is 6.54 Å². The highest BCUT2D eigenvalue weighted by molar-refractivity contribution is 5.05. The zero-order chi connectivity index (χ0) is 11.2. The van der Waals surface area contributed by atoms with Gasteiger partial charge in [0.25, 0.3) is 0 Å². The van der Waals surface area contributed by atoms with Crippen LogP contribution in [0.3, 0.4) is 0 Å². The quantitative estimate of drug-likeness (QED) is 0.805. The van der Waals surface area contributed by atoms with E-state index in [0.29, 0.717) is 12.6 Å². The topological polar surface area (TPSA) is 63.8 Å². The molecule has 4 nitrogen and oxygen atoms in total. The van der Waals surface area contributed by atoms with E-state index < -0.39 is 0 Å². The number of nitrogens with one attached hydrogen (secondary N) is 1. The Labute approximate surface area is 96.7 Å². The number of nitrogens with two attached hydrogens (primary N) is 1. The lowest BCUT2D eigenvalue weighted by Crippen LogP contribution is -2.38. The van der Waals surface area contributed by atoms with E-state index in [9.17, 15) is 0 Å². The van der Waals surface area contributed by atoms with Gasteiger partial charge in [0.05, 0.1) is 11.7 Å². The third-order valence-corrected chi connectivity index (χ3v) is 3.24. The monoisotopic (exact) mass is 220 g/mol. The molecule has 0 aliphatic heterocycles. The lowest BCUT2D eigenvalue weighted by atomic mass is 9.94. The van der Waals surface area contributed by atoms with Crippen molar-refractivity contribution < 1.29 is 0 Å². The van der Waals surface area contributed by atoms with Crippen LogP contribution in [0.5, 0.6) is 0 Å². The maximum Gasteiger partial charge on any atom is 0.115 e. The van der Waals surface area contributed by atoms with Crippen LogP contribution in [-0.4, -0.2) is 22.6 Å². The first-order chi connectivity index (χ1) is 7.90. The van der Waals surface area contributed by atoms with Crippen LogP contribution in [0, 0.1) is 0 Å². The average Bonchev–Trinajstić information content (AvgIpc) is 2.38. The third-order valence-electron chi connectivity index (χ3n) is 3.24. The van der Waals surface area contributed by atoms with Gasteiger partial charge in [-0.05, 0) is 18.9 Å². The van der Waals surface area contributed by atoms with E-state index in [4.69, 9.17) is 5.73 Å². The van der Waals surface area contributed by atoms with Crippen LogP contribution < -0.4 is 11.1 Å². The average molecular weight is 220 g/mol. The molecule has 1 fully saturated rings. The maximum absolute atomic E-state index is 5.80. The minimum atomic E-state index is 0.172. The summed E-state index contributed by atoms with van der Waals surface area (Å²) in [5.74, 6) is 0. The molecular weight excluding hydrogens is 200 g/mol. The fourth-order valence-corrected chi connectivity index (χ4v) is 2.33. The van der Waals surface area contributed by atoms with Gasteiger partial charge in [-0.2, -0.15) is 0 Å². The number of hydrogen-bond acceptors (Lipinski definition) is 4. The molecule has 0 spiro atoms. The second kappa shape index (κ2) is 5.92. The predicted octanol–water partition coefficient (Wildman–Crippen LogP) is 1.40. The van der Waals surface area contributed by atoms with Gasteiger partial charge in [0.1, 0.15) is 6.33 Å². The van der Waals surface area contributed by atoms with Gasteiger partial charge in [-0.1, -0.05) is 19.3 Å². The summed E-state index contributed by atoms with van der Waals surface area (Å²) in [5, 5.41) is 3.61. The van der Waals surface area contributed by atoms with Crippen molar-refractivity contribution in [1.29, 1.82) is 0 Å². The summed E-state index contributed by atoms with van der Waals surface area (Å²) in [5.41, 5.74) is 6.80. The van der Waals surface area contributed by atoms with E-state index in [0.717, 1.165) is 5.69 Å². The summed E-state index contributed by atoms with van der Waals surface area (Å²) in [7, 11) is 0. The molecule has 1 aliphatic carbocycles. The molecular formula is C12H20N4. The lowest BCUT2D eigenvalue weighted by molar-refractivity contribution is 0.338. The van der Waals surface area contributed by atoms with Crippen molar-refractivity contribution in [3.63, 3.8) is 0 Å². The molecule has 0 radical (unpaired) electrons. The van der Waals surface area contributed by atoms with E-state index in [-0.39, 0.29) is 6.04 Å². The van der Waals surface area contributed by atoms with E-state index in [2.05, 4.69) is 15.3 Å². The van der Waals surface area contributed by atoms with E-state index in [1.807, 2.05) is 6.07 Å². The molecule has 1 saturated carbocycles. The lowest BCUT2D eigenvalue weighted by Gasteiger charge is -2.27. The van der Waals surface area contributed by atoms with Crippen LogP contribution >= 0.6 is 0 Å². The van der Waals surface area contributed by atoms with Gasteiger partial charge in [0, 0.05) is 18.8 Å². The van der Waals surface area contributed by atoms with Crippen LogP contribution in [0.1, 0.15) is 43.8 Å². The minimum Gasteiger partial charge on any atom is -0.329 e. The van der Waals surface area contributed by atoms with Crippen LogP contribution in [0.2, 0.25) is 0 Å². The van der Waals surface area contributed by atoms with Gasteiger partial charge in [-0.3, -0.25) is 0 Å². The van der Waals surface area contributed by atoms with Gasteiger partial charge in [0.2, 0.25) is 0 Å². The standard InChI is InChI=1S/C12H20N4/c13-8-12(11-6-7-14-9-15-11)16-10-4-2-1-3-5-10/h6-7,9-10,12,16H,1-5,8,13H2. The Morgan fingerprint density at radius 1 is 1.38 bits per heavy atom. The summed E-state index contributed by atoms with van der Waals surface area (Å²) in [6, 6.07) is 2.72. The van der Waals surface area contributed by atoms with Crippen LogP contribution in [0.15, 0.2) is 18.6 Å². The normalized spacial score (nSPS) is 19.6. The Balaban J connectivity index is 1.94. The number of aromatic nitrogens is 2. The Bertz CT molecular complexity index is 295. The summed E-state index contributed by atoms with van der Waals surface area (Å²) < 4.78 is 0. The van der Waals surface area contributed by atoms with E-state index in [1.165, 1.54) is 32.1 Å². The first-order valence-electron chi connectivity index (χ1n) is 6.12. The SMILES string of the molecule is NCC(NC1CCCCC1)c1ccncn1. The summed E-state index contributed by atoms with van der Waals surface area (Å²) in [6.45, 7) is 0.591. The van der Waals surface area contributed by atoms with Crippen molar-refractivity contribution in [2.45, 2.75) is 44.2 Å². The maximum atomic E-state index is 5.80. The Hall–Kier alpha value is -1.00. The zero-order valence-corrected chi connectivity index (χ0v) is 9.60. The highest BCUT2D eigenvalue weighted by Crippen LogP contribution is 2.20. The van der Waals surface area contributed by atoms with Crippen molar-refractivity contribution in [2.24, 2.45) is 5.73 Å². The van der Waals surface area contributed by atoms with Crippen LogP contribution in [-0.2, 0) is 0 Å². The minimum absolute atomic E-state index is 0.172. The van der Waals surface area contributed by atoms with Gasteiger partial charge >= 0.3 is 0 Å². The predicted molar refractivity (Wildman–Crippen MR) is 63.8 cm³/mol. The molecule has 0 bridgehead atoms. The third kappa shape index (κ3) is 3.00. The molecule has 4 heteroatoms. The first kappa shape index (κ1) is 11.5. The van der Waals surface area contributed by atoms with Gasteiger partial charge in [-0.15, -0.1) is 0 Å². The molecule has 16 heavy (non-hydrogen) atoms. The van der Waals surface area contributed by atoms with Crippen LogP contribution in [0.4, 0.5) is 0 Å².